The molecular formula is C34H32Cl2N2O5. The van der Waals surface area contributed by atoms with E-state index >= 15 is 0 Å². The fraction of sp³-hybridized carbons (Fsp3) is 0.353. The van der Waals surface area contributed by atoms with Gasteiger partial charge in [0.1, 0.15) is 15.8 Å². The number of benzene rings is 3. The van der Waals surface area contributed by atoms with E-state index in [4.69, 9.17) is 27.9 Å². The van der Waals surface area contributed by atoms with Gasteiger partial charge in [0.05, 0.1) is 24.0 Å². The van der Waals surface area contributed by atoms with E-state index in [-0.39, 0.29) is 0 Å². The van der Waals surface area contributed by atoms with Gasteiger partial charge in [-0.15, -0.1) is 23.2 Å². The number of rotatable bonds is 8. The molecule has 0 saturated carbocycles. The van der Waals surface area contributed by atoms with Gasteiger partial charge < -0.3 is 10.1 Å². The fourth-order valence-electron chi connectivity index (χ4n) is 6.98. The van der Waals surface area contributed by atoms with Crippen molar-refractivity contribution in [3.05, 3.63) is 101 Å². The number of imide groups is 1. The van der Waals surface area contributed by atoms with Gasteiger partial charge in [0.2, 0.25) is 17.7 Å². The van der Waals surface area contributed by atoms with Crippen molar-refractivity contribution in [1.29, 1.82) is 0 Å². The number of alkyl halides is 2. The Morgan fingerprint density at radius 3 is 1.72 bits per heavy atom. The Labute approximate surface area is 260 Å². The molecule has 222 valence electrons. The molecule has 2 bridgehead atoms. The number of carbonyl (C=O) groups is 4. The predicted molar refractivity (Wildman–Crippen MR) is 164 cm³/mol. The topological polar surface area (TPSA) is 92.8 Å². The summed E-state index contributed by atoms with van der Waals surface area (Å²) in [5.74, 6) is -4.39. The number of esters is 1. The monoisotopic (exact) mass is 618 g/mol. The maximum Gasteiger partial charge on any atom is 0.338 e. The maximum atomic E-state index is 14.4. The van der Waals surface area contributed by atoms with E-state index in [0.717, 1.165) is 17.7 Å². The molecule has 0 spiro atoms. The number of anilines is 1. The van der Waals surface area contributed by atoms with Crippen molar-refractivity contribution in [1.82, 2.24) is 4.90 Å². The highest BCUT2D eigenvalue weighted by molar-refractivity contribution is 6.36. The van der Waals surface area contributed by atoms with Crippen LogP contribution in [-0.4, -0.2) is 41.2 Å². The molecule has 3 aliphatic carbocycles. The van der Waals surface area contributed by atoms with E-state index in [1.165, 1.54) is 0 Å². The lowest BCUT2D eigenvalue weighted by Crippen LogP contribution is -2.57. The van der Waals surface area contributed by atoms with Crippen molar-refractivity contribution >= 4 is 52.6 Å². The molecule has 1 N–H and O–H groups in total. The van der Waals surface area contributed by atoms with Gasteiger partial charge in [0, 0.05) is 5.69 Å². The number of hydrogen-bond acceptors (Lipinski definition) is 5. The van der Waals surface area contributed by atoms with Crippen molar-refractivity contribution in [3.63, 3.8) is 0 Å². The second kappa shape index (κ2) is 10.8. The number of nitrogens with zero attached hydrogens (tertiary/aromatic N) is 1. The zero-order valence-corrected chi connectivity index (χ0v) is 25.6. The SMILES string of the molecule is CCCCOC(=O)c1ccc(NC(=O)[C@H](C(C)C)N2C(=O)[C@H]3[C@H](C2=O)C2(Cl)c4ccccc4C3(Cl)c3ccccc32)cc1. The molecule has 1 saturated heterocycles. The number of carbonyl (C=O) groups excluding carboxylic acids is 4. The molecule has 3 aromatic rings. The van der Waals surface area contributed by atoms with Crippen LogP contribution >= 0.6 is 23.2 Å². The summed E-state index contributed by atoms with van der Waals surface area (Å²) in [4.78, 5) is 53.2. The average molecular weight is 620 g/mol. The van der Waals surface area contributed by atoms with Crippen molar-refractivity contribution < 1.29 is 23.9 Å². The van der Waals surface area contributed by atoms with E-state index in [1.807, 2.05) is 55.5 Å². The Balaban J connectivity index is 1.33. The van der Waals surface area contributed by atoms with Crippen LogP contribution in [0.15, 0.2) is 72.8 Å². The molecule has 7 nitrogen and oxygen atoms in total. The minimum absolute atomic E-state index is 0.340. The molecule has 1 heterocycles. The molecule has 43 heavy (non-hydrogen) atoms. The van der Waals surface area contributed by atoms with Crippen LogP contribution in [0.2, 0.25) is 0 Å². The molecule has 0 radical (unpaired) electrons. The fourth-order valence-corrected chi connectivity index (χ4v) is 8.08. The summed E-state index contributed by atoms with van der Waals surface area (Å²) in [5.41, 5.74) is 3.58. The highest BCUT2D eigenvalue weighted by Gasteiger charge is 2.73. The van der Waals surface area contributed by atoms with Crippen LogP contribution in [0.4, 0.5) is 5.69 Å². The number of halogens is 2. The normalized spacial score (nSPS) is 25.7. The summed E-state index contributed by atoms with van der Waals surface area (Å²) >= 11 is 15.0. The van der Waals surface area contributed by atoms with Crippen LogP contribution < -0.4 is 5.32 Å². The number of amides is 3. The van der Waals surface area contributed by atoms with Gasteiger partial charge in [0.15, 0.2) is 0 Å². The summed E-state index contributed by atoms with van der Waals surface area (Å²) in [5, 5.41) is 2.83. The van der Waals surface area contributed by atoms with Crippen molar-refractivity contribution in [3.8, 4) is 0 Å². The first kappa shape index (κ1) is 29.4. The van der Waals surface area contributed by atoms with Crippen molar-refractivity contribution in [2.24, 2.45) is 17.8 Å². The third kappa shape index (κ3) is 4.23. The lowest BCUT2D eigenvalue weighted by atomic mass is 9.54. The Morgan fingerprint density at radius 2 is 1.30 bits per heavy atom. The highest BCUT2D eigenvalue weighted by Crippen LogP contribution is 2.69. The van der Waals surface area contributed by atoms with Crippen LogP contribution in [-0.2, 0) is 28.9 Å². The summed E-state index contributed by atoms with van der Waals surface area (Å²) in [6.45, 7) is 5.92. The van der Waals surface area contributed by atoms with Gasteiger partial charge in [-0.05, 0) is 58.9 Å². The molecular weight excluding hydrogens is 587 g/mol. The van der Waals surface area contributed by atoms with E-state index in [9.17, 15) is 19.2 Å². The van der Waals surface area contributed by atoms with Crippen molar-refractivity contribution in [2.75, 3.05) is 11.9 Å². The van der Waals surface area contributed by atoms with Crippen molar-refractivity contribution in [2.45, 2.75) is 49.4 Å². The molecule has 0 unspecified atom stereocenters. The number of nitrogens with one attached hydrogen (secondary N) is 1. The second-order valence-corrected chi connectivity index (χ2v) is 13.0. The van der Waals surface area contributed by atoms with Gasteiger partial charge >= 0.3 is 5.97 Å². The second-order valence-electron chi connectivity index (χ2n) is 11.8. The lowest BCUT2D eigenvalue weighted by Gasteiger charge is -2.54. The highest BCUT2D eigenvalue weighted by atomic mass is 35.5. The first-order valence-electron chi connectivity index (χ1n) is 14.6. The zero-order chi connectivity index (χ0) is 30.7. The third-order valence-corrected chi connectivity index (χ3v) is 10.2. The van der Waals surface area contributed by atoms with Gasteiger partial charge in [-0.25, -0.2) is 4.79 Å². The van der Waals surface area contributed by atoms with Crippen LogP contribution in [0.5, 0.6) is 0 Å². The predicted octanol–water partition coefficient (Wildman–Crippen LogP) is 6.20. The first-order chi connectivity index (χ1) is 20.6. The summed E-state index contributed by atoms with van der Waals surface area (Å²) in [7, 11) is 0. The molecule has 4 aliphatic rings. The summed E-state index contributed by atoms with van der Waals surface area (Å²) in [6, 6.07) is 20.0. The largest absolute Gasteiger partial charge is 0.462 e. The Bertz CT molecular complexity index is 1510. The molecule has 7 rings (SSSR count). The van der Waals surface area contributed by atoms with E-state index < -0.39 is 57.2 Å². The average Bonchev–Trinajstić information content (AvgIpc) is 3.27. The minimum Gasteiger partial charge on any atom is -0.462 e. The van der Waals surface area contributed by atoms with Gasteiger partial charge in [0.25, 0.3) is 0 Å². The first-order valence-corrected chi connectivity index (χ1v) is 15.3. The standard InChI is InChI=1S/C34H32Cl2N2O5/c1-4-5-18-43-32(42)20-14-16-21(17-15-20)37-29(39)28(19(2)3)38-30(40)26-27(31(38)41)34(36)23-11-7-6-10-22(23)33(26,35)24-12-8-9-13-25(24)34/h6-17,19,26-28H,4-5,18H2,1-3H3,(H,37,39)/t26-,27-,28+,33?,34?/m1/s1. The van der Waals surface area contributed by atoms with E-state index in [1.54, 1.807) is 38.1 Å². The molecule has 0 aromatic heterocycles. The molecule has 1 aliphatic heterocycles. The number of likely N-dealkylation sites (tertiary alicyclic amines) is 1. The van der Waals surface area contributed by atoms with E-state index in [2.05, 4.69) is 5.32 Å². The van der Waals surface area contributed by atoms with Crippen LogP contribution in [0.1, 0.15) is 66.2 Å². The molecule has 3 amide bonds. The van der Waals surface area contributed by atoms with Crippen LogP contribution in [0, 0.1) is 17.8 Å². The summed E-state index contributed by atoms with van der Waals surface area (Å²) in [6.07, 6.45) is 1.69. The molecule has 3 aromatic carbocycles. The van der Waals surface area contributed by atoms with Crippen LogP contribution in [0.3, 0.4) is 0 Å². The van der Waals surface area contributed by atoms with E-state index in [0.29, 0.717) is 40.1 Å². The lowest BCUT2D eigenvalue weighted by molar-refractivity contribution is -0.148. The maximum absolute atomic E-state index is 14.4. The number of unbranched alkanes of at least 4 members (excludes halogenated alkanes) is 1. The molecule has 1 fully saturated rings. The van der Waals surface area contributed by atoms with Crippen LogP contribution in [0.25, 0.3) is 0 Å². The minimum atomic E-state index is -1.32. The third-order valence-electron chi connectivity index (χ3n) is 8.92. The summed E-state index contributed by atoms with van der Waals surface area (Å²) < 4.78 is 5.25. The number of hydrogen-bond donors (Lipinski definition) is 1. The smallest absolute Gasteiger partial charge is 0.338 e. The van der Waals surface area contributed by atoms with Gasteiger partial charge in [-0.1, -0.05) is 75.7 Å². The quantitative estimate of drug-likeness (QED) is 0.140. The van der Waals surface area contributed by atoms with Gasteiger partial charge in [-0.3, -0.25) is 19.3 Å². The Kier molecular flexibility index (Phi) is 7.38. The Hall–Kier alpha value is -3.68. The molecule has 3 atom stereocenters. The Morgan fingerprint density at radius 1 is 0.837 bits per heavy atom. The molecule has 9 heteroatoms. The zero-order valence-electron chi connectivity index (χ0n) is 24.1. The number of ether oxygens (including phenoxy) is 1. The van der Waals surface area contributed by atoms with Gasteiger partial charge in [-0.2, -0.15) is 0 Å².